The smallest absolute Gasteiger partial charge is 0.338 e. The Morgan fingerprint density at radius 3 is 2.55 bits per heavy atom. The molecule has 0 heterocycles. The fourth-order valence-corrected chi connectivity index (χ4v) is 4.82. The second kappa shape index (κ2) is 9.88. The lowest BCUT2D eigenvalue weighted by Gasteiger charge is -2.15. The van der Waals surface area contributed by atoms with Crippen molar-refractivity contribution in [3.8, 4) is 5.75 Å². The molecule has 0 aliphatic heterocycles. The number of nitrogens with one attached hydrogen (secondary N) is 2. The Morgan fingerprint density at radius 2 is 1.87 bits per heavy atom. The average Bonchev–Trinajstić information content (AvgIpc) is 3.24. The highest BCUT2D eigenvalue weighted by atomic mass is 32.2. The summed E-state index contributed by atoms with van der Waals surface area (Å²) in [5.74, 6) is -1.98. The first-order chi connectivity index (χ1) is 14.8. The molecule has 0 atom stereocenters. The summed E-state index contributed by atoms with van der Waals surface area (Å²) in [4.78, 5) is 24.1. The molecule has 0 radical (unpaired) electrons. The Kier molecular flexibility index (Phi) is 7.24. The molecule has 1 saturated carbocycles. The minimum atomic E-state index is -3.92. The summed E-state index contributed by atoms with van der Waals surface area (Å²) in [7, 11) is -2.58. The first-order valence-corrected chi connectivity index (χ1v) is 11.2. The fraction of sp³-hybridized carbons (Fsp3) is 0.333. The van der Waals surface area contributed by atoms with Crippen molar-refractivity contribution in [3.05, 3.63) is 53.8 Å². The summed E-state index contributed by atoms with van der Waals surface area (Å²) in [5, 5.41) is 2.40. The van der Waals surface area contributed by atoms with E-state index < -0.39 is 34.3 Å². The van der Waals surface area contributed by atoms with E-state index in [9.17, 15) is 22.4 Å². The molecule has 0 saturated heterocycles. The molecule has 2 aromatic rings. The maximum Gasteiger partial charge on any atom is 0.338 e. The van der Waals surface area contributed by atoms with Gasteiger partial charge < -0.3 is 14.8 Å². The molecule has 0 bridgehead atoms. The predicted molar refractivity (Wildman–Crippen MR) is 111 cm³/mol. The number of amides is 1. The highest BCUT2D eigenvalue weighted by Crippen LogP contribution is 2.27. The number of benzene rings is 2. The zero-order chi connectivity index (χ0) is 22.4. The lowest BCUT2D eigenvalue weighted by atomic mass is 10.2. The van der Waals surface area contributed by atoms with E-state index in [0.29, 0.717) is 0 Å². The van der Waals surface area contributed by atoms with Crippen LogP contribution in [-0.4, -0.2) is 40.1 Å². The molecule has 8 nitrogen and oxygen atoms in total. The second-order valence-corrected chi connectivity index (χ2v) is 8.79. The Morgan fingerprint density at radius 1 is 1.13 bits per heavy atom. The van der Waals surface area contributed by atoms with Crippen molar-refractivity contribution >= 4 is 27.6 Å². The van der Waals surface area contributed by atoms with Gasteiger partial charge in [-0.25, -0.2) is 22.3 Å². The van der Waals surface area contributed by atoms with Gasteiger partial charge in [-0.1, -0.05) is 18.9 Å². The molecular formula is C21H23FN2O6S. The van der Waals surface area contributed by atoms with Gasteiger partial charge in [-0.05, 0) is 49.2 Å². The van der Waals surface area contributed by atoms with Gasteiger partial charge >= 0.3 is 5.97 Å². The maximum atomic E-state index is 13.2. The minimum Gasteiger partial charge on any atom is -0.495 e. The lowest BCUT2D eigenvalue weighted by Crippen LogP contribution is -2.33. The quantitative estimate of drug-likeness (QED) is 0.599. The number of rotatable bonds is 8. The van der Waals surface area contributed by atoms with Gasteiger partial charge in [0, 0.05) is 11.7 Å². The summed E-state index contributed by atoms with van der Waals surface area (Å²) in [6.07, 6.45) is 3.41. The standard InChI is InChI=1S/C21H23FN2O6S/c1-29-18-10-9-14(11-19(18)31(27,28)24-16-6-2-3-7-16)21(26)30-13-20(25)23-17-8-4-5-15(22)12-17/h4-5,8-12,16,24H,2-3,6-7,13H2,1H3,(H,23,25). The van der Waals surface area contributed by atoms with Gasteiger partial charge in [-0.15, -0.1) is 0 Å². The molecule has 3 rings (SSSR count). The molecule has 1 fully saturated rings. The van der Waals surface area contributed by atoms with E-state index in [-0.39, 0.29) is 27.9 Å². The molecule has 166 valence electrons. The van der Waals surface area contributed by atoms with Gasteiger partial charge in [0.15, 0.2) is 6.61 Å². The Balaban J connectivity index is 1.68. The molecule has 0 unspecified atom stereocenters. The van der Waals surface area contributed by atoms with Crippen molar-refractivity contribution in [1.29, 1.82) is 0 Å². The molecule has 1 aliphatic rings. The van der Waals surface area contributed by atoms with E-state index in [1.165, 1.54) is 37.4 Å². The number of ether oxygens (including phenoxy) is 2. The summed E-state index contributed by atoms with van der Waals surface area (Å²) in [6.45, 7) is -0.621. The number of carbonyl (C=O) groups excluding carboxylic acids is 2. The van der Waals surface area contributed by atoms with Crippen LogP contribution in [0.25, 0.3) is 0 Å². The topological polar surface area (TPSA) is 111 Å². The molecule has 2 N–H and O–H groups in total. The number of carbonyl (C=O) groups is 2. The summed E-state index contributed by atoms with van der Waals surface area (Å²) >= 11 is 0. The fourth-order valence-electron chi connectivity index (χ4n) is 3.32. The van der Waals surface area contributed by atoms with Crippen LogP contribution in [-0.2, 0) is 19.6 Å². The number of halogens is 1. The van der Waals surface area contributed by atoms with E-state index in [0.717, 1.165) is 37.8 Å². The van der Waals surface area contributed by atoms with Crippen LogP contribution in [0.1, 0.15) is 36.0 Å². The van der Waals surface area contributed by atoms with Crippen molar-refractivity contribution in [2.75, 3.05) is 19.0 Å². The normalized spacial score (nSPS) is 14.3. The molecular weight excluding hydrogens is 427 g/mol. The third kappa shape index (κ3) is 6.02. The van der Waals surface area contributed by atoms with E-state index >= 15 is 0 Å². The molecule has 2 aromatic carbocycles. The molecule has 1 amide bonds. The van der Waals surface area contributed by atoms with Gasteiger partial charge in [-0.3, -0.25) is 4.79 Å². The summed E-state index contributed by atoms with van der Waals surface area (Å²) in [5.41, 5.74) is 0.169. The van der Waals surface area contributed by atoms with E-state index in [2.05, 4.69) is 10.0 Å². The van der Waals surface area contributed by atoms with E-state index in [4.69, 9.17) is 9.47 Å². The zero-order valence-electron chi connectivity index (χ0n) is 16.9. The zero-order valence-corrected chi connectivity index (χ0v) is 17.7. The van der Waals surface area contributed by atoms with Crippen molar-refractivity contribution in [3.63, 3.8) is 0 Å². The van der Waals surface area contributed by atoms with Gasteiger partial charge in [0.2, 0.25) is 10.0 Å². The molecule has 1 aliphatic carbocycles. The number of methoxy groups -OCH3 is 1. The number of sulfonamides is 1. The third-order valence-electron chi connectivity index (χ3n) is 4.81. The van der Waals surface area contributed by atoms with Crippen LogP contribution < -0.4 is 14.8 Å². The lowest BCUT2D eigenvalue weighted by molar-refractivity contribution is -0.119. The van der Waals surface area contributed by atoms with Crippen molar-refractivity contribution in [2.24, 2.45) is 0 Å². The Hall–Kier alpha value is -2.98. The monoisotopic (exact) mass is 450 g/mol. The van der Waals surface area contributed by atoms with Gasteiger partial charge in [0.25, 0.3) is 5.91 Å². The first-order valence-electron chi connectivity index (χ1n) is 9.71. The Bertz CT molecular complexity index is 1070. The highest BCUT2D eigenvalue weighted by Gasteiger charge is 2.27. The van der Waals surface area contributed by atoms with Crippen molar-refractivity contribution in [1.82, 2.24) is 4.72 Å². The van der Waals surface area contributed by atoms with Crippen LogP contribution in [0.4, 0.5) is 10.1 Å². The minimum absolute atomic E-state index is 0.0499. The average molecular weight is 450 g/mol. The third-order valence-corrected chi connectivity index (χ3v) is 6.35. The summed E-state index contributed by atoms with van der Waals surface area (Å²) < 4.78 is 51.5. The number of esters is 1. The van der Waals surface area contributed by atoms with Crippen LogP contribution in [0.5, 0.6) is 5.75 Å². The molecule has 10 heteroatoms. The number of anilines is 1. The van der Waals surface area contributed by atoms with Crippen LogP contribution >= 0.6 is 0 Å². The number of hydrogen-bond donors (Lipinski definition) is 2. The van der Waals surface area contributed by atoms with E-state index in [1.807, 2.05) is 0 Å². The van der Waals surface area contributed by atoms with Gasteiger partial charge in [-0.2, -0.15) is 0 Å². The van der Waals surface area contributed by atoms with Crippen LogP contribution in [0, 0.1) is 5.82 Å². The second-order valence-electron chi connectivity index (χ2n) is 7.10. The van der Waals surface area contributed by atoms with Gasteiger partial charge in [0.1, 0.15) is 16.5 Å². The van der Waals surface area contributed by atoms with Crippen LogP contribution in [0.3, 0.4) is 0 Å². The van der Waals surface area contributed by atoms with Crippen molar-refractivity contribution in [2.45, 2.75) is 36.6 Å². The maximum absolute atomic E-state index is 13.2. The Labute approximate surface area is 179 Å². The summed E-state index contributed by atoms with van der Waals surface area (Å²) in [6, 6.07) is 8.97. The van der Waals surface area contributed by atoms with Gasteiger partial charge in [0.05, 0.1) is 12.7 Å². The van der Waals surface area contributed by atoms with Crippen LogP contribution in [0.2, 0.25) is 0 Å². The first kappa shape index (κ1) is 22.7. The number of hydrogen-bond acceptors (Lipinski definition) is 6. The molecule has 31 heavy (non-hydrogen) atoms. The highest BCUT2D eigenvalue weighted by molar-refractivity contribution is 7.89. The molecule has 0 spiro atoms. The predicted octanol–water partition coefficient (Wildman–Crippen LogP) is 2.85. The van der Waals surface area contributed by atoms with Crippen molar-refractivity contribution < 1.29 is 31.9 Å². The van der Waals surface area contributed by atoms with Crippen LogP contribution in [0.15, 0.2) is 47.4 Å². The van der Waals surface area contributed by atoms with E-state index in [1.54, 1.807) is 0 Å². The SMILES string of the molecule is COc1ccc(C(=O)OCC(=O)Nc2cccc(F)c2)cc1S(=O)(=O)NC1CCCC1. The molecule has 0 aromatic heterocycles. The largest absolute Gasteiger partial charge is 0.495 e.